The molecule has 0 fully saturated rings. The highest BCUT2D eigenvalue weighted by atomic mass is 127. The van der Waals surface area contributed by atoms with E-state index in [4.69, 9.17) is 0 Å². The van der Waals surface area contributed by atoms with Crippen molar-refractivity contribution in [1.82, 2.24) is 15.0 Å². The molecule has 3 rings (SSSR count). The number of nitrogens with one attached hydrogen (secondary N) is 3. The number of halogens is 3. The van der Waals surface area contributed by atoms with Crippen molar-refractivity contribution in [1.29, 1.82) is 0 Å². The van der Waals surface area contributed by atoms with Gasteiger partial charge < -0.3 is 71.9 Å². The topological polar surface area (TPSA) is 81.1 Å². The summed E-state index contributed by atoms with van der Waals surface area (Å²) in [6.45, 7) is 0. The van der Waals surface area contributed by atoms with Crippen molar-refractivity contribution >= 4 is 0 Å². The first-order chi connectivity index (χ1) is 9.00. The van der Waals surface area contributed by atoms with Gasteiger partial charge in [0.1, 0.15) is 18.6 Å². The molecule has 0 aliphatic rings. The minimum Gasteiger partial charge on any atom is -1.00 e. The Morgan fingerprint density at radius 1 is 0.476 bits per heavy atom. The molecule has 0 atom stereocenters. The maximum absolute atomic E-state index is 3.73. The largest absolute Gasteiger partial charge is 1.00 e. The molecule has 21 heavy (non-hydrogen) atoms. The molecule has 114 valence electrons. The summed E-state index contributed by atoms with van der Waals surface area (Å²) in [5.41, 5.74) is 0. The highest BCUT2D eigenvalue weighted by molar-refractivity contribution is 4.68. The fourth-order valence-electron chi connectivity index (χ4n) is 0.832. The Morgan fingerprint density at radius 2 is 0.762 bits per heavy atom. The first-order valence-electron chi connectivity index (χ1n) is 5.28. The van der Waals surface area contributed by atoms with Gasteiger partial charge in [-0.05, 0) is 0 Å². The van der Waals surface area contributed by atoms with Crippen molar-refractivity contribution < 1.29 is 86.9 Å². The van der Waals surface area contributed by atoms with E-state index in [1.165, 1.54) is 0 Å². The van der Waals surface area contributed by atoms with E-state index in [0.29, 0.717) is 0 Å². The van der Waals surface area contributed by atoms with Gasteiger partial charge in [-0.25, -0.2) is 0 Å². The maximum atomic E-state index is 3.73. The fraction of sp³-hybridized carbons (Fsp3) is 0. The summed E-state index contributed by atoms with van der Waals surface area (Å²) < 4.78 is 0. The van der Waals surface area contributed by atoms with Crippen LogP contribution in [0.25, 0.3) is 0 Å². The lowest BCUT2D eigenvalue weighted by Gasteiger charge is -1.61. The van der Waals surface area contributed by atoms with Crippen LogP contribution in [0.1, 0.15) is 0 Å². The van der Waals surface area contributed by atoms with Gasteiger partial charge in [-0.3, -0.25) is 15.0 Å². The smallest absolute Gasteiger partial charge is 0.283 e. The molecule has 3 heterocycles. The van der Waals surface area contributed by atoms with Crippen LogP contribution >= 0.6 is 0 Å². The summed E-state index contributed by atoms with van der Waals surface area (Å²) >= 11 is 0. The Bertz CT molecular complexity index is 320. The van der Waals surface area contributed by atoms with Crippen LogP contribution in [0, 0.1) is 0 Å². The molecule has 0 aliphatic carbocycles. The number of aromatic nitrogens is 6. The van der Waals surface area contributed by atoms with Gasteiger partial charge in [0, 0.05) is 18.2 Å². The Balaban J connectivity index is -0.000000216. The third-order valence-corrected chi connectivity index (χ3v) is 1.54. The summed E-state index contributed by atoms with van der Waals surface area (Å²) in [6.07, 6.45) is 15.5. The van der Waals surface area contributed by atoms with Crippen molar-refractivity contribution in [2.24, 2.45) is 0 Å². The van der Waals surface area contributed by atoms with E-state index < -0.39 is 0 Å². The van der Waals surface area contributed by atoms with E-state index in [0.717, 1.165) is 0 Å². The lowest BCUT2D eigenvalue weighted by atomic mass is 10.7. The van der Waals surface area contributed by atoms with Crippen molar-refractivity contribution in [2.45, 2.75) is 0 Å². The second-order valence-electron chi connectivity index (χ2n) is 2.86. The summed E-state index contributed by atoms with van der Waals surface area (Å²) in [6, 6.07) is 5.50. The van der Waals surface area contributed by atoms with Crippen LogP contribution in [0.2, 0.25) is 0 Å². The van der Waals surface area contributed by atoms with Crippen molar-refractivity contribution in [3.8, 4) is 0 Å². The van der Waals surface area contributed by atoms with E-state index in [9.17, 15) is 0 Å². The van der Waals surface area contributed by atoms with Crippen LogP contribution < -0.4 is 86.9 Å². The predicted molar refractivity (Wildman–Crippen MR) is 62.4 cm³/mol. The molecule has 0 radical (unpaired) electrons. The standard InChI is InChI=1S/3C4H4N2.3HI/c3*1-2-5-4-6-3-1;;;/h3*1-4H;3*1H. The molecule has 6 nitrogen and oxygen atoms in total. The first-order valence-corrected chi connectivity index (χ1v) is 5.28. The molecular weight excluding hydrogens is 609 g/mol. The Morgan fingerprint density at radius 3 is 0.810 bits per heavy atom. The molecule has 0 saturated heterocycles. The summed E-state index contributed by atoms with van der Waals surface area (Å²) in [7, 11) is 0. The van der Waals surface area contributed by atoms with Crippen LogP contribution in [0.3, 0.4) is 0 Å². The molecular formula is C12H15I3N6. The normalized spacial score (nSPS) is 6.86. The van der Waals surface area contributed by atoms with E-state index in [1.807, 2.05) is 36.8 Å². The van der Waals surface area contributed by atoms with Gasteiger partial charge in [-0.15, -0.1) is 0 Å². The molecule has 3 N–H and O–H groups in total. The Labute approximate surface area is 174 Å². The number of aromatic amines is 3. The highest BCUT2D eigenvalue weighted by Crippen LogP contribution is 1.61. The molecule has 0 amide bonds. The van der Waals surface area contributed by atoms with E-state index in [1.54, 1.807) is 37.6 Å². The van der Waals surface area contributed by atoms with E-state index >= 15 is 0 Å². The second kappa shape index (κ2) is 21.7. The zero-order valence-corrected chi connectivity index (χ0v) is 17.4. The zero-order valence-electron chi connectivity index (χ0n) is 10.9. The number of hydrogen-bond donors (Lipinski definition) is 0. The molecule has 0 spiro atoms. The van der Waals surface area contributed by atoms with Crippen LogP contribution in [-0.2, 0) is 0 Å². The summed E-state index contributed by atoms with van der Waals surface area (Å²) in [4.78, 5) is 19.5. The van der Waals surface area contributed by atoms with Gasteiger partial charge in [0.15, 0.2) is 0 Å². The van der Waals surface area contributed by atoms with Crippen molar-refractivity contribution in [3.63, 3.8) is 0 Å². The molecule has 0 aliphatic heterocycles. The molecule has 3 aromatic rings. The zero-order chi connectivity index (χ0) is 12.7. The van der Waals surface area contributed by atoms with Gasteiger partial charge in [0.25, 0.3) is 19.0 Å². The quantitative estimate of drug-likeness (QED) is 0.234. The highest BCUT2D eigenvalue weighted by Gasteiger charge is 1.70. The lowest BCUT2D eigenvalue weighted by Crippen LogP contribution is -3.00. The average molecular weight is 624 g/mol. The Hall–Kier alpha value is -0.570. The molecule has 0 bridgehead atoms. The third kappa shape index (κ3) is 19.4. The van der Waals surface area contributed by atoms with Crippen molar-refractivity contribution in [2.75, 3.05) is 0 Å². The SMILES string of the molecule is [I-].[I-].[I-].c1cnc[nH+]c1.c1cnc[nH+]c1.c1cnc[nH+]c1. The number of rotatable bonds is 0. The van der Waals surface area contributed by atoms with Crippen LogP contribution in [0.4, 0.5) is 0 Å². The van der Waals surface area contributed by atoms with Gasteiger partial charge in [0.05, 0.1) is 18.6 Å². The molecule has 3 aromatic heterocycles. The fourth-order valence-corrected chi connectivity index (χ4v) is 0.832. The minimum absolute atomic E-state index is 0. The average Bonchev–Trinajstić information content (AvgIpc) is 2.54. The second-order valence-corrected chi connectivity index (χ2v) is 2.86. The van der Waals surface area contributed by atoms with Crippen LogP contribution in [-0.4, -0.2) is 15.0 Å². The number of H-pyrrole nitrogens is 3. The first kappa shape index (κ1) is 25.4. The third-order valence-electron chi connectivity index (χ3n) is 1.54. The molecule has 0 aromatic carbocycles. The van der Waals surface area contributed by atoms with E-state index in [-0.39, 0.29) is 71.9 Å². The molecule has 0 saturated carbocycles. The summed E-state index contributed by atoms with van der Waals surface area (Å²) in [5, 5.41) is 0. The summed E-state index contributed by atoms with van der Waals surface area (Å²) in [5.74, 6) is 0. The van der Waals surface area contributed by atoms with Gasteiger partial charge in [0.2, 0.25) is 0 Å². The Kier molecular flexibility index (Phi) is 26.3. The van der Waals surface area contributed by atoms with Crippen molar-refractivity contribution in [3.05, 3.63) is 74.4 Å². The predicted octanol–water partition coefficient (Wildman–Crippen LogP) is -9.30. The lowest BCUT2D eigenvalue weighted by molar-refractivity contribution is -0.383. The molecule has 0 unspecified atom stereocenters. The monoisotopic (exact) mass is 624 g/mol. The van der Waals surface area contributed by atoms with E-state index in [2.05, 4.69) is 29.9 Å². The minimum atomic E-state index is 0. The number of hydrogen-bond acceptors (Lipinski definition) is 3. The molecule has 9 heteroatoms. The van der Waals surface area contributed by atoms with Gasteiger partial charge in [-0.1, -0.05) is 15.0 Å². The number of nitrogens with zero attached hydrogens (tertiary/aromatic N) is 3. The van der Waals surface area contributed by atoms with Crippen LogP contribution in [0.15, 0.2) is 74.4 Å². The maximum Gasteiger partial charge on any atom is 0.283 e. The van der Waals surface area contributed by atoms with Gasteiger partial charge >= 0.3 is 0 Å². The van der Waals surface area contributed by atoms with Crippen LogP contribution in [0.5, 0.6) is 0 Å². The van der Waals surface area contributed by atoms with Gasteiger partial charge in [-0.2, -0.15) is 0 Å².